The smallest absolute Gasteiger partial charge is 0.124 e. The zero-order valence-electron chi connectivity index (χ0n) is 54.0. The highest BCUT2D eigenvalue weighted by Crippen LogP contribution is 2.37. The normalized spacial score (nSPS) is 21.8. The molecule has 448 valence electrons. The van der Waals surface area contributed by atoms with Gasteiger partial charge in [0.1, 0.15) is 23.0 Å². The molecule has 4 aromatic rings. The van der Waals surface area contributed by atoms with Crippen molar-refractivity contribution in [3.05, 3.63) is 115 Å². The van der Waals surface area contributed by atoms with Crippen molar-refractivity contribution in [2.45, 2.75) is 198 Å². The summed E-state index contributed by atoms with van der Waals surface area (Å²) in [5.74, 6) is 3.50. The molecule has 0 saturated heterocycles. The van der Waals surface area contributed by atoms with E-state index in [0.717, 1.165) is 110 Å². The van der Waals surface area contributed by atoms with Crippen LogP contribution in [0.15, 0.2) is 48.5 Å². The van der Waals surface area contributed by atoms with Crippen LogP contribution < -0.4 is 16.0 Å². The predicted octanol–water partition coefficient (Wildman–Crippen LogP) is 12.7. The van der Waals surface area contributed by atoms with Crippen molar-refractivity contribution in [1.82, 2.24) is 35.6 Å². The number of hydrogen-bond acceptors (Lipinski definition) is 11. The van der Waals surface area contributed by atoms with Gasteiger partial charge in [0.15, 0.2) is 0 Å². The molecule has 8 bridgehead atoms. The minimum atomic E-state index is 0.00239. The Labute approximate surface area is 487 Å². The molecule has 6 rings (SSSR count). The molecule has 2 heterocycles. The van der Waals surface area contributed by atoms with E-state index >= 15 is 0 Å². The summed E-state index contributed by atoms with van der Waals surface area (Å²) in [7, 11) is 8.61. The number of phenolic OH excluding ortho intramolecular Hbond substituents is 4. The van der Waals surface area contributed by atoms with E-state index in [1.165, 1.54) is 22.3 Å². The summed E-state index contributed by atoms with van der Waals surface area (Å²) in [6.07, 6.45) is 3.00. The number of phenols is 4. The third kappa shape index (κ3) is 20.0. The van der Waals surface area contributed by atoms with Crippen LogP contribution in [-0.2, 0) is 73.9 Å². The summed E-state index contributed by atoms with van der Waals surface area (Å²) >= 11 is 0. The molecule has 80 heavy (non-hydrogen) atoms. The van der Waals surface area contributed by atoms with Gasteiger partial charge in [-0.25, -0.2) is 0 Å². The van der Waals surface area contributed by atoms with E-state index < -0.39 is 0 Å². The highest BCUT2D eigenvalue weighted by molar-refractivity contribution is 5.49. The van der Waals surface area contributed by atoms with Crippen LogP contribution in [0.4, 0.5) is 0 Å². The van der Waals surface area contributed by atoms with Crippen molar-refractivity contribution >= 4 is 0 Å². The van der Waals surface area contributed by atoms with Crippen molar-refractivity contribution < 1.29 is 20.4 Å². The summed E-state index contributed by atoms with van der Waals surface area (Å²) in [6.45, 7) is 47.0. The number of aryl methyl sites for hydroxylation is 1. The maximum atomic E-state index is 11.4. The molecule has 2 aliphatic rings. The molecule has 0 aromatic heterocycles. The maximum absolute atomic E-state index is 11.4. The summed E-state index contributed by atoms with van der Waals surface area (Å²) in [4.78, 5) is 9.33. The third-order valence-corrected chi connectivity index (χ3v) is 16.4. The second-order valence-electron chi connectivity index (χ2n) is 29.6. The minimum absolute atomic E-state index is 0.00239. The van der Waals surface area contributed by atoms with Crippen LogP contribution in [0.2, 0.25) is 0 Å². The van der Waals surface area contributed by atoms with Gasteiger partial charge in [0, 0.05) is 111 Å². The molecule has 0 spiro atoms. The Kier molecular flexibility index (Phi) is 23.6. The van der Waals surface area contributed by atoms with Crippen LogP contribution in [0.25, 0.3) is 0 Å². The van der Waals surface area contributed by atoms with Gasteiger partial charge in [0.25, 0.3) is 0 Å². The molecule has 7 N–H and O–H groups in total. The van der Waals surface area contributed by atoms with Gasteiger partial charge in [-0.05, 0) is 140 Å². The molecule has 2 atom stereocenters. The van der Waals surface area contributed by atoms with E-state index in [1.807, 2.05) is 0 Å². The van der Waals surface area contributed by atoms with Crippen LogP contribution in [0.3, 0.4) is 0 Å². The van der Waals surface area contributed by atoms with Crippen LogP contribution in [-0.4, -0.2) is 114 Å². The number of fused-ring (bicyclic) bond motifs is 8. The van der Waals surface area contributed by atoms with E-state index in [2.05, 4.69) is 223 Å². The van der Waals surface area contributed by atoms with Crippen LogP contribution in [0, 0.1) is 23.7 Å². The molecule has 0 aliphatic carbocycles. The number of hydrogen-bond donors (Lipinski definition) is 7. The largest absolute Gasteiger partial charge is 0.507 e. The van der Waals surface area contributed by atoms with Crippen molar-refractivity contribution in [3.63, 3.8) is 0 Å². The van der Waals surface area contributed by atoms with Crippen LogP contribution in [0.5, 0.6) is 23.0 Å². The first-order valence-electron chi connectivity index (χ1n) is 30.4. The summed E-state index contributed by atoms with van der Waals surface area (Å²) in [6, 6.07) is 17.5. The topological polar surface area (TPSA) is 130 Å². The number of rotatable bonds is 0. The Bertz CT molecular complexity index is 2310. The van der Waals surface area contributed by atoms with Crippen LogP contribution >= 0.6 is 0 Å². The molecule has 0 amide bonds. The molecule has 11 heteroatoms. The fourth-order valence-electron chi connectivity index (χ4n) is 11.7. The maximum Gasteiger partial charge on any atom is 0.124 e. The second-order valence-corrected chi connectivity index (χ2v) is 29.6. The SMILES string of the molecule is CC1CCCc2cc(C(C)(C)C)cc(c2O)CNCC(C)CNCc2cc(C(C)(C)C)cc(c2O)CNC1.CC1CN(C)Cc2cc(C(C)(C)C)cc(c2O)CN(C)CC(C)CN(C)Cc2cc(C(C)(C)C)cc(c2O)CN(C)C1. The Balaban J connectivity index is 0.000000295. The van der Waals surface area contributed by atoms with E-state index in [9.17, 15) is 20.4 Å². The lowest BCUT2D eigenvalue weighted by atomic mass is 9.84. The Morgan fingerprint density at radius 2 is 0.588 bits per heavy atom. The van der Waals surface area contributed by atoms with Gasteiger partial charge in [-0.2, -0.15) is 0 Å². The molecule has 0 radical (unpaired) electrons. The number of benzene rings is 4. The standard InChI is InChI=1S/C36H60N4O2.C33H53N3O2/c1-25-17-37(9)21-27-13-31(35(3,4)5)15-29(33(27)41)23-39(11)19-26(2)20-40(12)24-30-16-32(36(6,7)8)14-28(34(30)42)22-38(10)18-25;1-22-10-9-11-24-12-28(32(3,4)5)13-25(30(24)37)19-35-17-23(2)18-36-21-27-15-29(33(6,7)8)14-26(31(27)38)20-34-16-22/h13-16,25-26,41-42H,17-24H2,1-12H3;12-15,22-23,34-38H,9-11,16-21H2,1-8H3. The fourth-order valence-corrected chi connectivity index (χ4v) is 11.7. The lowest BCUT2D eigenvalue weighted by molar-refractivity contribution is 0.209. The van der Waals surface area contributed by atoms with Crippen molar-refractivity contribution in [2.24, 2.45) is 23.7 Å². The number of nitrogens with zero attached hydrogens (tertiary/aromatic N) is 4. The molecule has 0 fully saturated rings. The zero-order chi connectivity index (χ0) is 59.7. The van der Waals surface area contributed by atoms with Crippen molar-refractivity contribution in [2.75, 3.05) is 74.0 Å². The average molecular weight is 1100 g/mol. The van der Waals surface area contributed by atoms with Gasteiger partial charge in [-0.3, -0.25) is 0 Å². The second kappa shape index (κ2) is 28.4. The van der Waals surface area contributed by atoms with Gasteiger partial charge in [-0.1, -0.05) is 159 Å². The van der Waals surface area contributed by atoms with Gasteiger partial charge < -0.3 is 56.0 Å². The van der Waals surface area contributed by atoms with Gasteiger partial charge in [0.2, 0.25) is 0 Å². The number of nitrogens with one attached hydrogen (secondary N) is 3. The molecule has 11 nitrogen and oxygen atoms in total. The predicted molar refractivity (Wildman–Crippen MR) is 337 cm³/mol. The first-order chi connectivity index (χ1) is 37.1. The molecule has 2 unspecified atom stereocenters. The first kappa shape index (κ1) is 66.6. The van der Waals surface area contributed by atoms with E-state index in [4.69, 9.17) is 0 Å². The monoisotopic (exact) mass is 1100 g/mol. The molecule has 2 aliphatic heterocycles. The minimum Gasteiger partial charge on any atom is -0.507 e. The lowest BCUT2D eigenvalue weighted by Gasteiger charge is -2.30. The van der Waals surface area contributed by atoms with Crippen LogP contribution in [0.1, 0.15) is 190 Å². The van der Waals surface area contributed by atoms with E-state index in [0.29, 0.717) is 92.5 Å². The van der Waals surface area contributed by atoms with Crippen molar-refractivity contribution in [3.8, 4) is 23.0 Å². The Hall–Kier alpha value is -4.20. The van der Waals surface area contributed by atoms with E-state index in [1.54, 1.807) is 0 Å². The quantitative estimate of drug-likeness (QED) is 0.0909. The fraction of sp³-hybridized carbons (Fsp3) is 0.652. The molecule has 4 aromatic carbocycles. The zero-order valence-corrected chi connectivity index (χ0v) is 54.0. The van der Waals surface area contributed by atoms with Gasteiger partial charge in [0.05, 0.1) is 0 Å². The highest BCUT2D eigenvalue weighted by Gasteiger charge is 2.26. The Morgan fingerprint density at radius 3 is 0.875 bits per heavy atom. The number of aromatic hydroxyl groups is 4. The van der Waals surface area contributed by atoms with Gasteiger partial charge in [-0.15, -0.1) is 0 Å². The summed E-state index contributed by atoms with van der Waals surface area (Å²) in [5.41, 5.74) is 13.2. The third-order valence-electron chi connectivity index (χ3n) is 16.4. The summed E-state index contributed by atoms with van der Waals surface area (Å²) < 4.78 is 0. The van der Waals surface area contributed by atoms with E-state index in [-0.39, 0.29) is 21.7 Å². The molecular weight excluding hydrogens is 991 g/mol. The summed E-state index contributed by atoms with van der Waals surface area (Å²) in [5, 5.41) is 55.8. The van der Waals surface area contributed by atoms with Crippen molar-refractivity contribution in [1.29, 1.82) is 0 Å². The first-order valence-corrected chi connectivity index (χ1v) is 30.4. The lowest BCUT2D eigenvalue weighted by Crippen LogP contribution is -2.33. The van der Waals surface area contributed by atoms with Gasteiger partial charge >= 0.3 is 0 Å². The highest BCUT2D eigenvalue weighted by atomic mass is 16.3. The Morgan fingerprint density at radius 1 is 0.350 bits per heavy atom. The molecular formula is C69H113N7O4. The average Bonchev–Trinajstić information content (AvgIpc) is 3.31. The molecule has 0 saturated carbocycles.